The minimum Gasteiger partial charge on any atom is -0.394 e. The van der Waals surface area contributed by atoms with Crippen LogP contribution >= 0.6 is 0 Å². The van der Waals surface area contributed by atoms with E-state index in [1.165, 1.54) is 17.2 Å². The predicted octanol–water partition coefficient (Wildman–Crippen LogP) is -1.77. The third-order valence-electron chi connectivity index (χ3n) is 3.71. The van der Waals surface area contributed by atoms with Gasteiger partial charge in [-0.25, -0.2) is 15.0 Å². The third kappa shape index (κ3) is 2.86. The number of rotatable bonds is 5. The fourth-order valence-corrected chi connectivity index (χ4v) is 2.52. The fourth-order valence-electron chi connectivity index (χ4n) is 2.52. The first-order valence-electron chi connectivity index (χ1n) is 7.25. The van der Waals surface area contributed by atoms with E-state index in [0.29, 0.717) is 23.5 Å². The van der Waals surface area contributed by atoms with Gasteiger partial charge in [0.25, 0.3) is 0 Å². The number of fused-ring (bicyclic) bond motifs is 1. The standard InChI is InChI=1S/C13H19N5O5/c1-6(20)2-14-11-8-12(16-4-15-11)18(5-17-8)13-10(22)9(21)7(3-19)23-13/h4-7,9-10,13,19-22H,2-3H2,1H3,(H,14,15,16)/t6?,7-,9-,10+,13-/m1/s1. The molecule has 0 radical (unpaired) electrons. The van der Waals surface area contributed by atoms with Crippen molar-refractivity contribution in [1.29, 1.82) is 0 Å². The summed E-state index contributed by atoms with van der Waals surface area (Å²) in [5, 5.41) is 41.4. The molecule has 1 unspecified atom stereocenters. The molecule has 2 aromatic rings. The maximum absolute atomic E-state index is 10.1. The van der Waals surface area contributed by atoms with Crippen molar-refractivity contribution in [2.24, 2.45) is 0 Å². The lowest BCUT2D eigenvalue weighted by Crippen LogP contribution is -2.33. The molecule has 0 aromatic carbocycles. The van der Waals surface area contributed by atoms with Crippen LogP contribution in [0, 0.1) is 0 Å². The van der Waals surface area contributed by atoms with Crippen LogP contribution in [0.4, 0.5) is 5.82 Å². The summed E-state index contributed by atoms with van der Waals surface area (Å²) in [4.78, 5) is 12.4. The highest BCUT2D eigenvalue weighted by atomic mass is 16.6. The second-order valence-electron chi connectivity index (χ2n) is 5.51. The zero-order chi connectivity index (χ0) is 16.6. The van der Waals surface area contributed by atoms with E-state index in [1.807, 2.05) is 0 Å². The monoisotopic (exact) mass is 325 g/mol. The molecule has 0 spiro atoms. The highest BCUT2D eigenvalue weighted by Gasteiger charge is 2.44. The molecule has 1 aliphatic rings. The Kier molecular flexibility index (Phi) is 4.41. The van der Waals surface area contributed by atoms with Crippen molar-refractivity contribution >= 4 is 17.0 Å². The van der Waals surface area contributed by atoms with Crippen LogP contribution in [-0.4, -0.2) is 77.5 Å². The van der Waals surface area contributed by atoms with Gasteiger partial charge in [-0.3, -0.25) is 4.57 Å². The molecule has 10 nitrogen and oxygen atoms in total. The number of anilines is 1. The second kappa shape index (κ2) is 6.34. The first-order chi connectivity index (χ1) is 11.0. The molecule has 126 valence electrons. The lowest BCUT2D eigenvalue weighted by molar-refractivity contribution is -0.0511. The fraction of sp³-hybridized carbons (Fsp3) is 0.615. The Morgan fingerprint density at radius 2 is 2.09 bits per heavy atom. The first kappa shape index (κ1) is 16.0. The zero-order valence-electron chi connectivity index (χ0n) is 12.4. The van der Waals surface area contributed by atoms with Gasteiger partial charge in [0, 0.05) is 6.54 Å². The SMILES string of the molecule is CC(O)CNc1ncnc2c1ncn2[C@@H]1O[C@H](CO)[C@@H](O)[C@@H]1O. The quantitative estimate of drug-likeness (QED) is 0.431. The molecule has 1 saturated heterocycles. The lowest BCUT2D eigenvalue weighted by atomic mass is 10.1. The van der Waals surface area contributed by atoms with Crippen LogP contribution in [0.25, 0.3) is 11.2 Å². The number of aromatic nitrogens is 4. The number of nitrogens with one attached hydrogen (secondary N) is 1. The molecule has 1 fully saturated rings. The number of aliphatic hydroxyl groups excluding tert-OH is 4. The van der Waals surface area contributed by atoms with Crippen molar-refractivity contribution in [2.75, 3.05) is 18.5 Å². The van der Waals surface area contributed by atoms with Crippen LogP contribution in [0.1, 0.15) is 13.2 Å². The van der Waals surface area contributed by atoms with Crippen LogP contribution in [0.15, 0.2) is 12.7 Å². The van der Waals surface area contributed by atoms with Gasteiger partial charge in [0.05, 0.1) is 19.0 Å². The summed E-state index contributed by atoms with van der Waals surface area (Å²) >= 11 is 0. The number of ether oxygens (including phenoxy) is 1. The number of hydrogen-bond donors (Lipinski definition) is 5. The highest BCUT2D eigenvalue weighted by molar-refractivity contribution is 5.82. The molecule has 0 saturated carbocycles. The van der Waals surface area contributed by atoms with Gasteiger partial charge in [-0.05, 0) is 6.92 Å². The molecule has 5 atom stereocenters. The average molecular weight is 325 g/mol. The number of nitrogens with zero attached hydrogens (tertiary/aromatic N) is 4. The second-order valence-corrected chi connectivity index (χ2v) is 5.51. The van der Waals surface area contributed by atoms with E-state index in [1.54, 1.807) is 6.92 Å². The number of imidazole rings is 1. The summed E-state index contributed by atoms with van der Waals surface area (Å²) in [6.45, 7) is 1.54. The van der Waals surface area contributed by atoms with E-state index < -0.39 is 37.3 Å². The predicted molar refractivity (Wildman–Crippen MR) is 78.5 cm³/mol. The number of aliphatic hydroxyl groups is 4. The summed E-state index contributed by atoms with van der Waals surface area (Å²) in [5.41, 5.74) is 0.855. The summed E-state index contributed by atoms with van der Waals surface area (Å²) < 4.78 is 6.96. The Morgan fingerprint density at radius 1 is 1.30 bits per heavy atom. The topological polar surface area (TPSA) is 146 Å². The molecule has 1 aliphatic heterocycles. The van der Waals surface area contributed by atoms with E-state index in [0.717, 1.165) is 0 Å². The van der Waals surface area contributed by atoms with E-state index in [2.05, 4.69) is 20.3 Å². The first-order valence-corrected chi connectivity index (χ1v) is 7.25. The average Bonchev–Trinajstić information content (AvgIpc) is 3.08. The van der Waals surface area contributed by atoms with Gasteiger partial charge in [-0.15, -0.1) is 0 Å². The van der Waals surface area contributed by atoms with E-state index in [4.69, 9.17) is 9.84 Å². The Balaban J connectivity index is 1.93. The molecule has 0 amide bonds. The van der Waals surface area contributed by atoms with E-state index >= 15 is 0 Å². The van der Waals surface area contributed by atoms with Gasteiger partial charge in [0.15, 0.2) is 23.2 Å². The van der Waals surface area contributed by atoms with Crippen LogP contribution in [-0.2, 0) is 4.74 Å². The van der Waals surface area contributed by atoms with Crippen LogP contribution < -0.4 is 5.32 Å². The summed E-state index contributed by atoms with van der Waals surface area (Å²) in [6, 6.07) is 0. The van der Waals surface area contributed by atoms with Crippen molar-refractivity contribution in [3.05, 3.63) is 12.7 Å². The molecule has 3 rings (SSSR count). The molecule has 10 heteroatoms. The zero-order valence-corrected chi connectivity index (χ0v) is 12.4. The molecule has 0 bridgehead atoms. The number of hydrogen-bond acceptors (Lipinski definition) is 9. The lowest BCUT2D eigenvalue weighted by Gasteiger charge is -2.16. The van der Waals surface area contributed by atoms with Crippen molar-refractivity contribution in [2.45, 2.75) is 37.6 Å². The van der Waals surface area contributed by atoms with Crippen LogP contribution in [0.2, 0.25) is 0 Å². The normalized spacial score (nSPS) is 29.1. The van der Waals surface area contributed by atoms with Crippen molar-refractivity contribution in [3.8, 4) is 0 Å². The van der Waals surface area contributed by atoms with Gasteiger partial charge in [-0.1, -0.05) is 0 Å². The van der Waals surface area contributed by atoms with E-state index in [9.17, 15) is 15.3 Å². The smallest absolute Gasteiger partial charge is 0.167 e. The van der Waals surface area contributed by atoms with Gasteiger partial charge in [0.1, 0.15) is 24.6 Å². The molecule has 2 aromatic heterocycles. The molecular formula is C13H19N5O5. The Hall–Kier alpha value is -1.85. The van der Waals surface area contributed by atoms with Crippen molar-refractivity contribution in [1.82, 2.24) is 19.5 Å². The molecular weight excluding hydrogens is 306 g/mol. The minimum absolute atomic E-state index is 0.298. The Labute approximate surface area is 131 Å². The minimum atomic E-state index is -1.21. The van der Waals surface area contributed by atoms with Crippen molar-refractivity contribution in [3.63, 3.8) is 0 Å². The van der Waals surface area contributed by atoms with Gasteiger partial charge >= 0.3 is 0 Å². The van der Waals surface area contributed by atoms with Crippen LogP contribution in [0.3, 0.4) is 0 Å². The summed E-state index contributed by atoms with van der Waals surface area (Å²) in [6.07, 6.45) is -2.00. The molecule has 0 aliphatic carbocycles. The van der Waals surface area contributed by atoms with Gasteiger partial charge in [0.2, 0.25) is 0 Å². The maximum atomic E-state index is 10.1. The van der Waals surface area contributed by atoms with Crippen molar-refractivity contribution < 1.29 is 25.2 Å². The van der Waals surface area contributed by atoms with Gasteiger partial charge < -0.3 is 30.5 Å². The molecule has 3 heterocycles. The summed E-state index contributed by atoms with van der Waals surface area (Å²) in [7, 11) is 0. The van der Waals surface area contributed by atoms with E-state index in [-0.39, 0.29) is 0 Å². The Morgan fingerprint density at radius 3 is 2.74 bits per heavy atom. The molecule has 23 heavy (non-hydrogen) atoms. The summed E-state index contributed by atoms with van der Waals surface area (Å²) in [5.74, 6) is 0.446. The van der Waals surface area contributed by atoms with Crippen LogP contribution in [0.5, 0.6) is 0 Å². The maximum Gasteiger partial charge on any atom is 0.167 e. The largest absolute Gasteiger partial charge is 0.394 e. The third-order valence-corrected chi connectivity index (χ3v) is 3.71. The molecule has 5 N–H and O–H groups in total. The highest BCUT2D eigenvalue weighted by Crippen LogP contribution is 2.31. The Bertz CT molecular complexity index is 678. The van der Waals surface area contributed by atoms with Gasteiger partial charge in [-0.2, -0.15) is 0 Å².